The summed E-state index contributed by atoms with van der Waals surface area (Å²) in [5.41, 5.74) is 0. The quantitative estimate of drug-likeness (QED) is 0.519. The van der Waals surface area contributed by atoms with E-state index in [0.717, 1.165) is 0 Å². The van der Waals surface area contributed by atoms with Gasteiger partial charge in [-0.1, -0.05) is 47.8 Å². The zero-order chi connectivity index (χ0) is 7.65. The number of hydrogen-bond acceptors (Lipinski definition) is 2. The Morgan fingerprint density at radius 1 is 1.11 bits per heavy atom. The lowest BCUT2D eigenvalue weighted by atomic mass is 11.0. The second-order valence-corrected chi connectivity index (χ2v) is 10.1. The van der Waals surface area contributed by atoms with Gasteiger partial charge in [-0.25, -0.2) is 8.42 Å². The fourth-order valence-electron chi connectivity index (χ4n) is 0.123. The van der Waals surface area contributed by atoms with Crippen molar-refractivity contribution >= 4 is 70.9 Å². The van der Waals surface area contributed by atoms with Crippen LogP contribution >= 0.6 is 62.6 Å². The van der Waals surface area contributed by atoms with Gasteiger partial charge >= 0.3 is 0 Å². The first-order chi connectivity index (χ1) is 3.85. The number of halogens is 4. The lowest BCUT2D eigenvalue weighted by Gasteiger charge is -2.04. The molecule has 0 aromatic heterocycles. The van der Waals surface area contributed by atoms with Gasteiger partial charge in [0.2, 0.25) is 8.27 Å². The monoisotopic (exact) mass is 406 g/mol. The molecule has 0 aromatic rings. The van der Waals surface area contributed by atoms with Gasteiger partial charge in [-0.05, 0) is 0 Å². The van der Waals surface area contributed by atoms with Crippen molar-refractivity contribution in [3.05, 3.63) is 0 Å². The highest BCUT2D eigenvalue weighted by Gasteiger charge is 2.24. The van der Waals surface area contributed by atoms with E-state index in [4.69, 9.17) is 0 Å². The minimum Gasteiger partial charge on any atom is -0.216 e. The Kier molecular flexibility index (Phi) is 4.88. The topological polar surface area (TPSA) is 34.1 Å². The zero-order valence-electron chi connectivity index (χ0n) is 3.89. The average molecular weight is 410 g/mol. The summed E-state index contributed by atoms with van der Waals surface area (Å²) < 4.78 is 20.2. The van der Waals surface area contributed by atoms with Gasteiger partial charge in [0.15, 0.2) is 0 Å². The van der Waals surface area contributed by atoms with Crippen molar-refractivity contribution in [3.8, 4) is 0 Å². The molecule has 0 N–H and O–H groups in total. The van der Waals surface area contributed by atoms with E-state index in [1.165, 1.54) is 0 Å². The molecule has 56 valence electrons. The Morgan fingerprint density at radius 3 is 1.44 bits per heavy atom. The highest BCUT2D eigenvalue weighted by molar-refractivity contribution is 9.49. The van der Waals surface area contributed by atoms with Crippen LogP contribution in [-0.2, 0) is 8.27 Å². The molecule has 0 aliphatic heterocycles. The van der Waals surface area contributed by atoms with Crippen LogP contribution in [0.25, 0.3) is 0 Å². The first-order valence-electron chi connectivity index (χ1n) is 1.71. The minimum absolute atomic E-state index is 0.283. The smallest absolute Gasteiger partial charge is 0.216 e. The first-order valence-corrected chi connectivity index (χ1v) is 7.85. The minimum atomic E-state index is -3.17. The van der Waals surface area contributed by atoms with Gasteiger partial charge in [0.25, 0.3) is 0 Å². The van der Waals surface area contributed by atoms with Crippen LogP contribution in [0.2, 0.25) is 0 Å². The Balaban J connectivity index is 4.24. The Morgan fingerprint density at radius 2 is 1.44 bits per heavy atom. The fourth-order valence-corrected chi connectivity index (χ4v) is 4.46. The average Bonchev–Trinajstić information content (AvgIpc) is 1.62. The maximum Gasteiger partial charge on any atom is 0.223 e. The number of rotatable bonds is 2. The molecule has 0 aromatic carbocycles. The molecule has 0 rings (SSSR count). The predicted molar refractivity (Wildman–Crippen MR) is 52.2 cm³/mol. The van der Waals surface area contributed by atoms with E-state index in [1.54, 1.807) is 0 Å². The normalized spacial score (nSPS) is 16.1. The van der Waals surface area contributed by atoms with Crippen LogP contribution in [0.3, 0.4) is 0 Å². The van der Waals surface area contributed by atoms with Gasteiger partial charge in [-0.15, -0.1) is 0 Å². The Bertz CT molecular complexity index is 173. The molecule has 0 fully saturated rings. The van der Waals surface area contributed by atoms with Gasteiger partial charge in [0.1, 0.15) is 4.16 Å². The highest BCUT2D eigenvalue weighted by Crippen LogP contribution is 2.28. The van der Waals surface area contributed by atoms with Crippen LogP contribution in [0, 0.1) is 0 Å². The van der Waals surface area contributed by atoms with Gasteiger partial charge in [0, 0.05) is 0 Å². The summed E-state index contributed by atoms with van der Waals surface area (Å²) in [4.78, 5) is 0. The van der Waals surface area contributed by atoms with Gasteiger partial charge < -0.3 is 0 Å². The Labute approximate surface area is 86.3 Å². The van der Waals surface area contributed by atoms with Crippen LogP contribution in [0.4, 0.5) is 0 Å². The van der Waals surface area contributed by atoms with Crippen molar-refractivity contribution in [3.63, 3.8) is 0 Å². The zero-order valence-corrected chi connectivity index (χ0v) is 11.1. The van der Waals surface area contributed by atoms with Crippen molar-refractivity contribution in [2.24, 2.45) is 0 Å². The van der Waals surface area contributed by atoms with Crippen LogP contribution in [0.15, 0.2) is 0 Å². The third kappa shape index (κ3) is 4.34. The second-order valence-electron chi connectivity index (χ2n) is 1.16. The molecule has 2 nitrogen and oxygen atoms in total. The molecule has 0 bridgehead atoms. The number of hydrogen-bond donors (Lipinski definition) is 0. The molecule has 0 amide bonds. The van der Waals surface area contributed by atoms with Crippen molar-refractivity contribution < 1.29 is 8.42 Å². The molecule has 7 heteroatoms. The molecule has 0 saturated heterocycles. The summed E-state index contributed by atoms with van der Waals surface area (Å²) in [7, 11) is -3.17. The largest absolute Gasteiger partial charge is 0.223 e. The number of alkyl halides is 3. The summed E-state index contributed by atoms with van der Waals surface area (Å²) in [5.74, 6) is 0. The third-order valence-corrected chi connectivity index (χ3v) is 9.17. The molecule has 9 heavy (non-hydrogen) atoms. The van der Waals surface area contributed by atoms with Gasteiger partial charge in [0.05, 0.1) is 18.5 Å². The van der Waals surface area contributed by atoms with Gasteiger partial charge in [-0.3, -0.25) is 0 Å². The Hall–Kier alpha value is 1.87. The molecule has 0 heterocycles. The summed E-state index contributed by atoms with van der Waals surface area (Å²) >= 11 is 11.5. The SMILES string of the molecule is O=S(=O)(Br)C(Br)C(Br)Br. The molecule has 1 atom stereocenters. The first kappa shape index (κ1) is 10.9. The van der Waals surface area contributed by atoms with Gasteiger partial charge in [-0.2, -0.15) is 0 Å². The van der Waals surface area contributed by atoms with Crippen molar-refractivity contribution in [1.29, 1.82) is 0 Å². The van der Waals surface area contributed by atoms with Crippen LogP contribution < -0.4 is 0 Å². The summed E-state index contributed by atoms with van der Waals surface area (Å²) in [5, 5.41) is 0. The third-order valence-electron chi connectivity index (χ3n) is 0.467. The summed E-state index contributed by atoms with van der Waals surface area (Å²) in [6.07, 6.45) is 0. The van der Waals surface area contributed by atoms with Crippen molar-refractivity contribution in [2.45, 2.75) is 7.90 Å². The van der Waals surface area contributed by atoms with E-state index in [-0.39, 0.29) is 3.74 Å². The molecule has 0 radical (unpaired) electrons. The van der Waals surface area contributed by atoms with Crippen LogP contribution in [0.1, 0.15) is 0 Å². The maximum absolute atomic E-state index is 10.6. The van der Waals surface area contributed by atoms with E-state index in [1.807, 2.05) is 0 Å². The summed E-state index contributed by atoms with van der Waals surface area (Å²) in [6.45, 7) is 0. The van der Waals surface area contributed by atoms with E-state index >= 15 is 0 Å². The van der Waals surface area contributed by atoms with E-state index in [9.17, 15) is 8.42 Å². The highest BCUT2D eigenvalue weighted by atomic mass is 79.9. The molecular formula is C2H2Br4O2S. The predicted octanol–water partition coefficient (Wildman–Crippen LogP) is 2.55. The molecule has 0 spiro atoms. The van der Waals surface area contributed by atoms with Crippen molar-refractivity contribution in [2.75, 3.05) is 0 Å². The second kappa shape index (κ2) is 4.04. The summed E-state index contributed by atoms with van der Waals surface area (Å²) in [6, 6.07) is 0. The molecule has 0 aliphatic rings. The van der Waals surface area contributed by atoms with E-state index < -0.39 is 12.4 Å². The molecule has 0 saturated carbocycles. The lowest BCUT2D eigenvalue weighted by Crippen LogP contribution is -2.14. The van der Waals surface area contributed by atoms with E-state index in [2.05, 4.69) is 62.6 Å². The molecule has 1 unspecified atom stereocenters. The standard InChI is InChI=1S/C2H2Br4O2S/c3-1(4)2(5)9(6,7)8/h1-2H. The lowest BCUT2D eigenvalue weighted by molar-refractivity contribution is 0.611. The van der Waals surface area contributed by atoms with Crippen LogP contribution in [-0.4, -0.2) is 16.3 Å². The maximum atomic E-state index is 10.6. The molecular weight excluding hydrogens is 408 g/mol. The van der Waals surface area contributed by atoms with Crippen molar-refractivity contribution in [1.82, 2.24) is 0 Å². The van der Waals surface area contributed by atoms with E-state index in [0.29, 0.717) is 0 Å². The molecule has 0 aliphatic carbocycles. The van der Waals surface area contributed by atoms with Crippen LogP contribution in [0.5, 0.6) is 0 Å². The fraction of sp³-hybridized carbons (Fsp3) is 1.00.